The van der Waals surface area contributed by atoms with Gasteiger partial charge in [0.2, 0.25) is 0 Å². The third-order valence-corrected chi connectivity index (χ3v) is 2.90. The molecule has 0 heterocycles. The normalized spacial score (nSPS) is 16.7. The minimum Gasteiger partial charge on any atom is -0.324 e. The molecule has 2 rings (SSSR count). The van der Waals surface area contributed by atoms with Gasteiger partial charge in [0.1, 0.15) is 0 Å². The molecule has 2 N–H and O–H groups in total. The molecule has 1 unspecified atom stereocenters. The number of hydrogen-bond acceptors (Lipinski definition) is 1. The van der Waals surface area contributed by atoms with Crippen LogP contribution in [-0.2, 0) is 12.8 Å². The van der Waals surface area contributed by atoms with Crippen LogP contribution in [0.1, 0.15) is 42.5 Å². The fourth-order valence-corrected chi connectivity index (χ4v) is 2.04. The van der Waals surface area contributed by atoms with Crippen LogP contribution in [0.4, 0.5) is 0 Å². The smallest absolute Gasteiger partial charge is 0.0266 e. The molecule has 0 amide bonds. The van der Waals surface area contributed by atoms with Crippen molar-refractivity contribution in [3.63, 3.8) is 0 Å². The molecule has 0 fully saturated rings. The minimum absolute atomic E-state index is 0. The summed E-state index contributed by atoms with van der Waals surface area (Å²) in [5.41, 5.74) is 10.2. The van der Waals surface area contributed by atoms with Crippen molar-refractivity contribution in [2.75, 3.05) is 0 Å². The lowest BCUT2D eigenvalue weighted by atomic mass is 9.89. The van der Waals surface area contributed by atoms with Gasteiger partial charge in [0.15, 0.2) is 0 Å². The highest BCUT2D eigenvalue weighted by Gasteiger charge is 2.10. The van der Waals surface area contributed by atoms with Gasteiger partial charge in [-0.2, -0.15) is 0 Å². The van der Waals surface area contributed by atoms with Crippen LogP contribution in [0.5, 0.6) is 0 Å². The Labute approximate surface area is 92.1 Å². The van der Waals surface area contributed by atoms with Crippen molar-refractivity contribution in [1.29, 1.82) is 0 Å². The quantitative estimate of drug-likeness (QED) is 0.760. The van der Waals surface area contributed by atoms with Crippen LogP contribution in [0, 0.1) is 0 Å². The fourth-order valence-electron chi connectivity index (χ4n) is 2.04. The second kappa shape index (κ2) is 4.81. The summed E-state index contributed by atoms with van der Waals surface area (Å²) in [6.07, 6.45) is 5.20. The standard InChI is InChI=1S/C12H17N.ClH/c1-9(13)11-7-6-10-4-2-3-5-12(10)8-11;/h6-9H,2-5,13H2,1H3;1H. The number of nitrogens with two attached hydrogens (primary N) is 1. The highest BCUT2D eigenvalue weighted by atomic mass is 35.5. The Morgan fingerprint density at radius 3 is 2.43 bits per heavy atom. The van der Waals surface area contributed by atoms with Crippen molar-refractivity contribution in [2.45, 2.75) is 38.6 Å². The minimum atomic E-state index is 0. The molecule has 0 aliphatic heterocycles. The van der Waals surface area contributed by atoms with Gasteiger partial charge >= 0.3 is 0 Å². The highest BCUT2D eigenvalue weighted by molar-refractivity contribution is 5.85. The molecule has 0 saturated carbocycles. The van der Waals surface area contributed by atoms with E-state index in [-0.39, 0.29) is 18.4 Å². The molecule has 1 aliphatic rings. The number of benzene rings is 1. The van der Waals surface area contributed by atoms with Crippen LogP contribution in [0.25, 0.3) is 0 Å². The molecule has 0 spiro atoms. The van der Waals surface area contributed by atoms with Crippen LogP contribution in [-0.4, -0.2) is 0 Å². The zero-order valence-corrected chi connectivity index (χ0v) is 9.44. The molecule has 1 aliphatic carbocycles. The van der Waals surface area contributed by atoms with Gasteiger partial charge in [0.25, 0.3) is 0 Å². The van der Waals surface area contributed by atoms with Crippen LogP contribution in [0.2, 0.25) is 0 Å². The molecule has 0 bridgehead atoms. The summed E-state index contributed by atoms with van der Waals surface area (Å²) in [6, 6.07) is 6.90. The van der Waals surface area contributed by atoms with E-state index < -0.39 is 0 Å². The molecular weight excluding hydrogens is 194 g/mol. The maximum Gasteiger partial charge on any atom is 0.0266 e. The number of halogens is 1. The Balaban J connectivity index is 0.000000980. The zero-order valence-electron chi connectivity index (χ0n) is 8.62. The van der Waals surface area contributed by atoms with Gasteiger partial charge in [-0.15, -0.1) is 12.4 Å². The van der Waals surface area contributed by atoms with E-state index in [0.717, 1.165) is 0 Å². The Kier molecular flexibility index (Phi) is 3.97. The summed E-state index contributed by atoms with van der Waals surface area (Å²) in [5.74, 6) is 0. The average Bonchev–Trinajstić information content (AvgIpc) is 2.17. The first-order valence-corrected chi connectivity index (χ1v) is 5.14. The number of fused-ring (bicyclic) bond motifs is 1. The second-order valence-electron chi connectivity index (χ2n) is 4.02. The summed E-state index contributed by atoms with van der Waals surface area (Å²) in [5, 5.41) is 0. The summed E-state index contributed by atoms with van der Waals surface area (Å²) < 4.78 is 0. The van der Waals surface area contributed by atoms with Crippen LogP contribution in [0.3, 0.4) is 0 Å². The number of rotatable bonds is 1. The first kappa shape index (κ1) is 11.5. The fraction of sp³-hybridized carbons (Fsp3) is 0.500. The lowest BCUT2D eigenvalue weighted by Crippen LogP contribution is -2.08. The Morgan fingerprint density at radius 2 is 1.79 bits per heavy atom. The first-order chi connectivity index (χ1) is 6.27. The predicted octanol–water partition coefficient (Wildman–Crippen LogP) is 3.01. The molecule has 14 heavy (non-hydrogen) atoms. The van der Waals surface area contributed by atoms with Crippen molar-refractivity contribution in [3.05, 3.63) is 34.9 Å². The van der Waals surface area contributed by atoms with E-state index in [1.165, 1.54) is 42.4 Å². The maximum absolute atomic E-state index is 5.85. The van der Waals surface area contributed by atoms with E-state index in [9.17, 15) is 0 Å². The van der Waals surface area contributed by atoms with E-state index in [1.807, 2.05) is 6.92 Å². The van der Waals surface area contributed by atoms with Gasteiger partial charge in [-0.3, -0.25) is 0 Å². The van der Waals surface area contributed by atoms with E-state index in [2.05, 4.69) is 18.2 Å². The second-order valence-corrected chi connectivity index (χ2v) is 4.02. The molecule has 0 saturated heterocycles. The molecule has 1 aromatic carbocycles. The Bertz CT molecular complexity index is 307. The van der Waals surface area contributed by atoms with E-state index in [4.69, 9.17) is 5.73 Å². The summed E-state index contributed by atoms with van der Waals surface area (Å²) in [6.45, 7) is 2.05. The van der Waals surface area contributed by atoms with Gasteiger partial charge < -0.3 is 5.73 Å². The number of hydrogen-bond donors (Lipinski definition) is 1. The van der Waals surface area contributed by atoms with Crippen molar-refractivity contribution in [3.8, 4) is 0 Å². The van der Waals surface area contributed by atoms with Gasteiger partial charge in [0, 0.05) is 6.04 Å². The Hall–Kier alpha value is -0.530. The SMILES string of the molecule is CC(N)c1ccc2c(c1)CCCC2.Cl. The maximum atomic E-state index is 5.85. The van der Waals surface area contributed by atoms with Crippen LogP contribution < -0.4 is 5.73 Å². The van der Waals surface area contributed by atoms with Gasteiger partial charge in [-0.05, 0) is 49.3 Å². The molecule has 1 aromatic rings. The monoisotopic (exact) mass is 211 g/mol. The van der Waals surface area contributed by atoms with Crippen LogP contribution in [0.15, 0.2) is 18.2 Å². The molecule has 0 radical (unpaired) electrons. The van der Waals surface area contributed by atoms with E-state index in [0.29, 0.717) is 0 Å². The lowest BCUT2D eigenvalue weighted by molar-refractivity contribution is 0.681. The molecule has 78 valence electrons. The van der Waals surface area contributed by atoms with Gasteiger partial charge in [0.05, 0.1) is 0 Å². The van der Waals surface area contributed by atoms with Gasteiger partial charge in [-0.1, -0.05) is 18.2 Å². The zero-order chi connectivity index (χ0) is 9.26. The molecule has 2 heteroatoms. The molecule has 0 aromatic heterocycles. The van der Waals surface area contributed by atoms with Gasteiger partial charge in [-0.25, -0.2) is 0 Å². The molecular formula is C12H18ClN. The first-order valence-electron chi connectivity index (χ1n) is 5.14. The molecule has 1 atom stereocenters. The third kappa shape index (κ3) is 2.28. The topological polar surface area (TPSA) is 26.0 Å². The summed E-state index contributed by atoms with van der Waals surface area (Å²) in [7, 11) is 0. The van der Waals surface area contributed by atoms with Crippen molar-refractivity contribution >= 4 is 12.4 Å². The van der Waals surface area contributed by atoms with E-state index >= 15 is 0 Å². The molecule has 1 nitrogen and oxygen atoms in total. The van der Waals surface area contributed by atoms with Crippen molar-refractivity contribution in [2.24, 2.45) is 5.73 Å². The van der Waals surface area contributed by atoms with Crippen LogP contribution >= 0.6 is 12.4 Å². The predicted molar refractivity (Wildman–Crippen MR) is 62.9 cm³/mol. The van der Waals surface area contributed by atoms with Crippen molar-refractivity contribution in [1.82, 2.24) is 0 Å². The van der Waals surface area contributed by atoms with Crippen molar-refractivity contribution < 1.29 is 0 Å². The van der Waals surface area contributed by atoms with E-state index in [1.54, 1.807) is 0 Å². The third-order valence-electron chi connectivity index (χ3n) is 2.90. The summed E-state index contributed by atoms with van der Waals surface area (Å²) in [4.78, 5) is 0. The Morgan fingerprint density at radius 1 is 1.14 bits per heavy atom. The average molecular weight is 212 g/mol. The largest absolute Gasteiger partial charge is 0.324 e. The number of aryl methyl sites for hydroxylation is 2. The lowest BCUT2D eigenvalue weighted by Gasteiger charge is -2.17. The highest BCUT2D eigenvalue weighted by Crippen LogP contribution is 2.23. The summed E-state index contributed by atoms with van der Waals surface area (Å²) >= 11 is 0.